The average Bonchev–Trinajstić information content (AvgIpc) is 2.64. The molecule has 50 valence electrons. The Bertz CT molecular complexity index is 149. The van der Waals surface area contributed by atoms with Crippen molar-refractivity contribution in [3.63, 3.8) is 0 Å². The molecule has 0 amide bonds. The molecule has 0 radical (unpaired) electrons. The Morgan fingerprint density at radius 1 is 1.56 bits per heavy atom. The molecule has 2 aliphatic rings. The number of fused-ring (bicyclic) bond motifs is 1. The van der Waals surface area contributed by atoms with Crippen LogP contribution in [0.15, 0.2) is 11.6 Å². The lowest BCUT2D eigenvalue weighted by molar-refractivity contribution is 0.374. The molecule has 0 spiro atoms. The molecule has 1 nitrogen and oxygen atoms in total. The summed E-state index contributed by atoms with van der Waals surface area (Å²) in [5, 5.41) is 0. The predicted octanol–water partition coefficient (Wildman–Crippen LogP) is 1.88. The summed E-state index contributed by atoms with van der Waals surface area (Å²) in [6.45, 7) is 2.12. The minimum Gasteiger partial charge on any atom is -0.369 e. The zero-order valence-electron chi connectivity index (χ0n) is 5.76. The van der Waals surface area contributed by atoms with Crippen molar-refractivity contribution >= 4 is 0 Å². The van der Waals surface area contributed by atoms with Crippen LogP contribution in [0.1, 0.15) is 26.2 Å². The number of rotatable bonds is 0. The summed E-state index contributed by atoms with van der Waals surface area (Å²) in [6, 6.07) is 0. The summed E-state index contributed by atoms with van der Waals surface area (Å²) < 4.78 is 5.37. The van der Waals surface area contributed by atoms with E-state index in [4.69, 9.17) is 4.74 Å². The number of epoxide rings is 1. The first-order valence-corrected chi connectivity index (χ1v) is 3.69. The third kappa shape index (κ3) is 0.897. The van der Waals surface area contributed by atoms with Gasteiger partial charge in [-0.2, -0.15) is 0 Å². The molecule has 1 aliphatic heterocycles. The van der Waals surface area contributed by atoms with Crippen LogP contribution >= 0.6 is 0 Å². The minimum atomic E-state index is 0.616. The number of hydrogen-bond acceptors (Lipinski definition) is 1. The van der Waals surface area contributed by atoms with E-state index in [9.17, 15) is 0 Å². The van der Waals surface area contributed by atoms with Crippen molar-refractivity contribution in [2.75, 3.05) is 0 Å². The molecule has 0 bridgehead atoms. The molecule has 0 N–H and O–H groups in total. The van der Waals surface area contributed by atoms with Crippen LogP contribution < -0.4 is 0 Å². The van der Waals surface area contributed by atoms with Crippen molar-refractivity contribution in [2.45, 2.75) is 38.4 Å². The monoisotopic (exact) mass is 124 g/mol. The topological polar surface area (TPSA) is 12.5 Å². The van der Waals surface area contributed by atoms with Gasteiger partial charge in [-0.25, -0.2) is 0 Å². The normalized spacial score (nSPS) is 44.8. The van der Waals surface area contributed by atoms with Gasteiger partial charge in [0, 0.05) is 0 Å². The summed E-state index contributed by atoms with van der Waals surface area (Å²) in [5.74, 6) is 0. The van der Waals surface area contributed by atoms with E-state index in [0.717, 1.165) is 0 Å². The first-order valence-electron chi connectivity index (χ1n) is 3.69. The standard InChI is InChI=1S/C8H12O/c1-2-6-3-4-7-8(5-6)9-7/h2,7-8H,3-5H2,1H3/b6-2-. The van der Waals surface area contributed by atoms with E-state index in [-0.39, 0.29) is 0 Å². The Morgan fingerprint density at radius 2 is 2.44 bits per heavy atom. The van der Waals surface area contributed by atoms with Crippen LogP contribution in [0.4, 0.5) is 0 Å². The Kier molecular flexibility index (Phi) is 1.12. The van der Waals surface area contributed by atoms with Crippen LogP contribution in [-0.4, -0.2) is 12.2 Å². The van der Waals surface area contributed by atoms with Gasteiger partial charge >= 0.3 is 0 Å². The molecule has 1 heteroatoms. The van der Waals surface area contributed by atoms with E-state index in [0.29, 0.717) is 12.2 Å². The summed E-state index contributed by atoms with van der Waals surface area (Å²) in [4.78, 5) is 0. The van der Waals surface area contributed by atoms with E-state index in [1.165, 1.54) is 19.3 Å². The molecule has 1 saturated heterocycles. The molecule has 2 atom stereocenters. The summed E-state index contributed by atoms with van der Waals surface area (Å²) >= 11 is 0. The largest absolute Gasteiger partial charge is 0.369 e. The molecule has 2 unspecified atom stereocenters. The Morgan fingerprint density at radius 3 is 3.11 bits per heavy atom. The summed E-state index contributed by atoms with van der Waals surface area (Å²) in [6.07, 6.45) is 7.25. The zero-order chi connectivity index (χ0) is 6.27. The lowest BCUT2D eigenvalue weighted by atomic mass is 9.95. The van der Waals surface area contributed by atoms with Crippen LogP contribution in [0.25, 0.3) is 0 Å². The van der Waals surface area contributed by atoms with E-state index < -0.39 is 0 Å². The molecule has 2 rings (SSSR count). The quantitative estimate of drug-likeness (QED) is 0.355. The van der Waals surface area contributed by atoms with Gasteiger partial charge in [0.1, 0.15) is 0 Å². The highest BCUT2D eigenvalue weighted by molar-refractivity contribution is 5.11. The molecule has 1 heterocycles. The van der Waals surface area contributed by atoms with Crippen molar-refractivity contribution < 1.29 is 4.74 Å². The lowest BCUT2D eigenvalue weighted by Crippen LogP contribution is -2.03. The van der Waals surface area contributed by atoms with Crippen LogP contribution in [0.5, 0.6) is 0 Å². The van der Waals surface area contributed by atoms with Gasteiger partial charge in [0.15, 0.2) is 0 Å². The van der Waals surface area contributed by atoms with Gasteiger partial charge in [-0.1, -0.05) is 11.6 Å². The van der Waals surface area contributed by atoms with Crippen LogP contribution in [0.3, 0.4) is 0 Å². The fourth-order valence-electron chi connectivity index (χ4n) is 1.56. The maximum absolute atomic E-state index is 5.37. The maximum Gasteiger partial charge on any atom is 0.0879 e. The van der Waals surface area contributed by atoms with Crippen LogP contribution in [0, 0.1) is 0 Å². The van der Waals surface area contributed by atoms with Crippen molar-refractivity contribution in [1.29, 1.82) is 0 Å². The molecule has 0 aromatic heterocycles. The number of hydrogen-bond donors (Lipinski definition) is 0. The second-order valence-corrected chi connectivity index (χ2v) is 2.90. The van der Waals surface area contributed by atoms with Crippen molar-refractivity contribution in [3.8, 4) is 0 Å². The predicted molar refractivity (Wildman–Crippen MR) is 36.3 cm³/mol. The molecule has 1 aliphatic carbocycles. The van der Waals surface area contributed by atoms with Gasteiger partial charge in [0.25, 0.3) is 0 Å². The molecule has 0 aromatic carbocycles. The summed E-state index contributed by atoms with van der Waals surface area (Å²) in [5.41, 5.74) is 1.59. The molecular weight excluding hydrogens is 112 g/mol. The highest BCUT2D eigenvalue weighted by Gasteiger charge is 2.41. The van der Waals surface area contributed by atoms with Crippen molar-refractivity contribution in [1.82, 2.24) is 0 Å². The maximum atomic E-state index is 5.37. The second-order valence-electron chi connectivity index (χ2n) is 2.90. The van der Waals surface area contributed by atoms with Gasteiger partial charge in [-0.05, 0) is 26.2 Å². The van der Waals surface area contributed by atoms with Crippen LogP contribution in [0.2, 0.25) is 0 Å². The number of allylic oxidation sites excluding steroid dienone is 1. The van der Waals surface area contributed by atoms with E-state index in [1.807, 2.05) is 0 Å². The molecule has 9 heavy (non-hydrogen) atoms. The van der Waals surface area contributed by atoms with Crippen molar-refractivity contribution in [3.05, 3.63) is 11.6 Å². The Labute approximate surface area is 55.7 Å². The molecular formula is C8H12O. The molecule has 2 fully saturated rings. The lowest BCUT2D eigenvalue weighted by Gasteiger charge is -2.07. The van der Waals surface area contributed by atoms with Crippen LogP contribution in [-0.2, 0) is 4.74 Å². The fourth-order valence-corrected chi connectivity index (χ4v) is 1.56. The van der Waals surface area contributed by atoms with E-state index >= 15 is 0 Å². The first kappa shape index (κ1) is 5.48. The third-order valence-electron chi connectivity index (χ3n) is 2.31. The fraction of sp³-hybridized carbons (Fsp3) is 0.750. The highest BCUT2D eigenvalue weighted by Crippen LogP contribution is 2.38. The highest BCUT2D eigenvalue weighted by atomic mass is 16.6. The first-order chi connectivity index (χ1) is 4.40. The molecule has 0 aromatic rings. The average molecular weight is 124 g/mol. The Hall–Kier alpha value is -0.300. The zero-order valence-corrected chi connectivity index (χ0v) is 5.76. The summed E-state index contributed by atoms with van der Waals surface area (Å²) in [7, 11) is 0. The van der Waals surface area contributed by atoms with E-state index in [1.54, 1.807) is 5.57 Å². The van der Waals surface area contributed by atoms with Gasteiger partial charge in [-0.3, -0.25) is 0 Å². The smallest absolute Gasteiger partial charge is 0.0879 e. The second kappa shape index (κ2) is 1.84. The van der Waals surface area contributed by atoms with Gasteiger partial charge in [0.2, 0.25) is 0 Å². The Balaban J connectivity index is 2.01. The molecule has 1 saturated carbocycles. The van der Waals surface area contributed by atoms with E-state index in [2.05, 4.69) is 13.0 Å². The van der Waals surface area contributed by atoms with Crippen molar-refractivity contribution in [2.24, 2.45) is 0 Å². The third-order valence-corrected chi connectivity index (χ3v) is 2.31. The minimum absolute atomic E-state index is 0.616. The van der Waals surface area contributed by atoms with Gasteiger partial charge in [0.05, 0.1) is 12.2 Å². The van der Waals surface area contributed by atoms with Gasteiger partial charge < -0.3 is 4.74 Å². The number of ether oxygens (including phenoxy) is 1. The SMILES string of the molecule is C/C=C1/CCC2OC2C1. The van der Waals surface area contributed by atoms with Gasteiger partial charge in [-0.15, -0.1) is 0 Å².